The molecule has 2 heterocycles. The summed E-state index contributed by atoms with van der Waals surface area (Å²) in [7, 11) is 0. The number of furan rings is 1. The molecule has 0 radical (unpaired) electrons. The summed E-state index contributed by atoms with van der Waals surface area (Å²) in [6.07, 6.45) is 2.41. The van der Waals surface area contributed by atoms with Crippen LogP contribution in [0.4, 0.5) is 10.1 Å². The molecule has 2 unspecified atom stereocenters. The van der Waals surface area contributed by atoms with Gasteiger partial charge in [-0.05, 0) is 30.7 Å². The lowest BCUT2D eigenvalue weighted by Gasteiger charge is -2.29. The fraction of sp³-hybridized carbons (Fsp3) is 0.312. The van der Waals surface area contributed by atoms with E-state index < -0.39 is 0 Å². The lowest BCUT2D eigenvalue weighted by Crippen LogP contribution is -2.39. The Bertz CT molecular complexity index is 683. The first-order valence-corrected chi connectivity index (χ1v) is 7.01. The van der Waals surface area contributed by atoms with Gasteiger partial charge in [-0.25, -0.2) is 4.39 Å². The smallest absolute Gasteiger partial charge is 0.231 e. The van der Waals surface area contributed by atoms with E-state index in [9.17, 15) is 9.18 Å². The molecule has 0 saturated heterocycles. The molecule has 21 heavy (non-hydrogen) atoms. The Morgan fingerprint density at radius 1 is 1.33 bits per heavy atom. The number of rotatable bonds is 2. The molecular formula is C16H14FNO3. The zero-order chi connectivity index (χ0) is 14.4. The largest absolute Gasteiger partial charge is 0.490 e. The number of carbonyl (C=O) groups excluding carboxylic acids is 1. The predicted octanol–water partition coefficient (Wildman–Crippen LogP) is 2.95. The van der Waals surface area contributed by atoms with Gasteiger partial charge >= 0.3 is 0 Å². The fourth-order valence-electron chi connectivity index (χ4n) is 2.90. The maximum Gasteiger partial charge on any atom is 0.231 e. The third-order valence-corrected chi connectivity index (χ3v) is 4.07. The highest BCUT2D eigenvalue weighted by molar-refractivity contribution is 5.99. The summed E-state index contributed by atoms with van der Waals surface area (Å²) in [5, 5.41) is 0. The third kappa shape index (κ3) is 2.09. The zero-order valence-electron chi connectivity index (χ0n) is 11.3. The molecule has 4 rings (SSSR count). The molecule has 1 aliphatic heterocycles. The van der Waals surface area contributed by atoms with E-state index in [4.69, 9.17) is 9.15 Å². The molecule has 2 aromatic rings. The number of anilines is 1. The molecular weight excluding hydrogens is 273 g/mol. The van der Waals surface area contributed by atoms with Gasteiger partial charge in [0.25, 0.3) is 0 Å². The molecule has 1 fully saturated rings. The molecule has 4 nitrogen and oxygen atoms in total. The standard InChI is InChI=1S/C16H14FNO3/c17-10-3-4-15-13(8-10)18(5-7-21-15)16(19)12-9-11(12)14-2-1-6-20-14/h1-4,6,8,11-12H,5,7,9H2. The van der Waals surface area contributed by atoms with Crippen molar-refractivity contribution in [1.82, 2.24) is 0 Å². The summed E-state index contributed by atoms with van der Waals surface area (Å²) in [4.78, 5) is 14.3. The van der Waals surface area contributed by atoms with Crippen LogP contribution in [0.3, 0.4) is 0 Å². The number of benzene rings is 1. The van der Waals surface area contributed by atoms with Crippen LogP contribution in [0.2, 0.25) is 0 Å². The number of ether oxygens (including phenoxy) is 1. The number of amides is 1. The van der Waals surface area contributed by atoms with Crippen LogP contribution < -0.4 is 9.64 Å². The lowest BCUT2D eigenvalue weighted by molar-refractivity contribution is -0.120. The van der Waals surface area contributed by atoms with Gasteiger partial charge in [-0.3, -0.25) is 4.79 Å². The van der Waals surface area contributed by atoms with E-state index in [0.717, 1.165) is 12.2 Å². The number of halogens is 1. The molecule has 1 amide bonds. The summed E-state index contributed by atoms with van der Waals surface area (Å²) in [5.74, 6) is 1.13. The Labute approximate surface area is 121 Å². The summed E-state index contributed by atoms with van der Waals surface area (Å²) in [6, 6.07) is 7.99. The minimum absolute atomic E-state index is 0.0200. The maximum absolute atomic E-state index is 13.4. The molecule has 0 N–H and O–H groups in total. The fourth-order valence-corrected chi connectivity index (χ4v) is 2.90. The minimum Gasteiger partial charge on any atom is -0.490 e. The molecule has 2 atom stereocenters. The van der Waals surface area contributed by atoms with E-state index in [1.165, 1.54) is 12.1 Å². The van der Waals surface area contributed by atoms with Gasteiger partial charge in [-0.2, -0.15) is 0 Å². The first-order valence-electron chi connectivity index (χ1n) is 7.01. The van der Waals surface area contributed by atoms with E-state index in [1.54, 1.807) is 17.2 Å². The summed E-state index contributed by atoms with van der Waals surface area (Å²) in [6.45, 7) is 0.888. The van der Waals surface area contributed by atoms with E-state index in [2.05, 4.69) is 0 Å². The Hall–Kier alpha value is -2.30. The first kappa shape index (κ1) is 12.4. The molecule has 0 bridgehead atoms. The number of hydrogen-bond donors (Lipinski definition) is 0. The van der Waals surface area contributed by atoms with Crippen LogP contribution in [-0.4, -0.2) is 19.1 Å². The van der Waals surface area contributed by atoms with Crippen molar-refractivity contribution in [2.24, 2.45) is 5.92 Å². The van der Waals surface area contributed by atoms with Crippen molar-refractivity contribution in [2.75, 3.05) is 18.1 Å². The average molecular weight is 287 g/mol. The zero-order valence-corrected chi connectivity index (χ0v) is 11.3. The molecule has 2 aliphatic rings. The summed E-state index contributed by atoms with van der Waals surface area (Å²) in [5.41, 5.74) is 0.524. The van der Waals surface area contributed by atoms with Crippen molar-refractivity contribution in [2.45, 2.75) is 12.3 Å². The van der Waals surface area contributed by atoms with E-state index in [-0.39, 0.29) is 23.6 Å². The van der Waals surface area contributed by atoms with Crippen LogP contribution >= 0.6 is 0 Å². The Kier molecular flexibility index (Phi) is 2.74. The maximum atomic E-state index is 13.4. The summed E-state index contributed by atoms with van der Waals surface area (Å²) < 4.78 is 24.3. The highest BCUT2D eigenvalue weighted by Crippen LogP contribution is 2.49. The third-order valence-electron chi connectivity index (χ3n) is 4.07. The van der Waals surface area contributed by atoms with Crippen LogP contribution in [-0.2, 0) is 4.79 Å². The van der Waals surface area contributed by atoms with Gasteiger partial charge < -0.3 is 14.1 Å². The van der Waals surface area contributed by atoms with Crippen LogP contribution in [0.25, 0.3) is 0 Å². The van der Waals surface area contributed by atoms with Crippen molar-refractivity contribution in [1.29, 1.82) is 0 Å². The van der Waals surface area contributed by atoms with Gasteiger partial charge in [0, 0.05) is 17.9 Å². The minimum atomic E-state index is -0.365. The molecule has 0 spiro atoms. The topological polar surface area (TPSA) is 42.7 Å². The number of fused-ring (bicyclic) bond motifs is 1. The van der Waals surface area contributed by atoms with E-state index in [0.29, 0.717) is 24.6 Å². The van der Waals surface area contributed by atoms with Crippen LogP contribution in [0.15, 0.2) is 41.0 Å². The highest BCUT2D eigenvalue weighted by Gasteiger charge is 2.48. The van der Waals surface area contributed by atoms with Crippen molar-refractivity contribution in [3.05, 3.63) is 48.2 Å². The SMILES string of the molecule is O=C(C1CC1c1ccco1)N1CCOc2ccc(F)cc21. The van der Waals surface area contributed by atoms with Crippen molar-refractivity contribution < 1.29 is 18.3 Å². The molecule has 1 aliphatic carbocycles. The molecule has 1 aromatic heterocycles. The number of hydrogen-bond acceptors (Lipinski definition) is 3. The van der Waals surface area contributed by atoms with Crippen LogP contribution in [0.1, 0.15) is 18.1 Å². The van der Waals surface area contributed by atoms with Gasteiger partial charge in [0.1, 0.15) is 23.9 Å². The van der Waals surface area contributed by atoms with E-state index >= 15 is 0 Å². The van der Waals surface area contributed by atoms with Gasteiger partial charge in [0.05, 0.1) is 18.5 Å². The quantitative estimate of drug-likeness (QED) is 0.853. The first-order chi connectivity index (χ1) is 10.2. The Balaban J connectivity index is 1.58. The molecule has 5 heteroatoms. The van der Waals surface area contributed by atoms with Crippen molar-refractivity contribution in [3.63, 3.8) is 0 Å². The van der Waals surface area contributed by atoms with Crippen LogP contribution in [0, 0.1) is 11.7 Å². The average Bonchev–Trinajstić information content (AvgIpc) is 3.11. The highest BCUT2D eigenvalue weighted by atomic mass is 19.1. The monoisotopic (exact) mass is 287 g/mol. The second-order valence-electron chi connectivity index (χ2n) is 5.41. The van der Waals surface area contributed by atoms with Gasteiger partial charge in [0.2, 0.25) is 5.91 Å². The number of nitrogens with zero attached hydrogens (tertiary/aromatic N) is 1. The van der Waals surface area contributed by atoms with Gasteiger partial charge in [-0.1, -0.05) is 0 Å². The Morgan fingerprint density at radius 3 is 3.05 bits per heavy atom. The van der Waals surface area contributed by atoms with Crippen molar-refractivity contribution >= 4 is 11.6 Å². The van der Waals surface area contributed by atoms with Crippen LogP contribution in [0.5, 0.6) is 5.75 Å². The van der Waals surface area contributed by atoms with Gasteiger partial charge in [-0.15, -0.1) is 0 Å². The second kappa shape index (κ2) is 4.62. The normalized spacial score (nSPS) is 23.4. The Morgan fingerprint density at radius 2 is 2.24 bits per heavy atom. The second-order valence-corrected chi connectivity index (χ2v) is 5.41. The van der Waals surface area contributed by atoms with Crippen molar-refractivity contribution in [3.8, 4) is 5.75 Å². The summed E-state index contributed by atoms with van der Waals surface area (Å²) >= 11 is 0. The molecule has 1 saturated carbocycles. The molecule has 108 valence electrons. The lowest BCUT2D eigenvalue weighted by atomic mass is 10.2. The van der Waals surface area contributed by atoms with Gasteiger partial charge in [0.15, 0.2) is 0 Å². The van der Waals surface area contributed by atoms with E-state index in [1.807, 2.05) is 12.1 Å². The predicted molar refractivity (Wildman–Crippen MR) is 73.8 cm³/mol. The number of carbonyl (C=O) groups is 1. The molecule has 1 aromatic carbocycles.